The number of amides is 1. The number of rotatable bonds is 4. The molecular weight excluding hydrogens is 272 g/mol. The highest BCUT2D eigenvalue weighted by molar-refractivity contribution is 7.21. The molecule has 0 spiro atoms. The van der Waals surface area contributed by atoms with Crippen molar-refractivity contribution in [2.75, 3.05) is 18.9 Å². The number of carbonyl (C=O) groups excluding carboxylic acids is 1. The van der Waals surface area contributed by atoms with Gasteiger partial charge in [-0.2, -0.15) is 0 Å². The van der Waals surface area contributed by atoms with E-state index in [1.165, 1.54) is 11.3 Å². The van der Waals surface area contributed by atoms with Crippen molar-refractivity contribution < 1.29 is 9.90 Å². The number of fused-ring (bicyclic) bond motifs is 1. The molecule has 0 unspecified atom stereocenters. The van der Waals surface area contributed by atoms with Gasteiger partial charge >= 0.3 is 0 Å². The van der Waals surface area contributed by atoms with Gasteiger partial charge in [-0.1, -0.05) is 18.2 Å². The molecule has 0 aliphatic rings. The van der Waals surface area contributed by atoms with Crippen LogP contribution in [0.25, 0.3) is 10.1 Å². The third-order valence-electron chi connectivity index (χ3n) is 3.37. The number of aryl methyl sites for hydroxylation is 1. The van der Waals surface area contributed by atoms with Gasteiger partial charge in [-0.15, -0.1) is 11.3 Å². The van der Waals surface area contributed by atoms with E-state index in [4.69, 9.17) is 10.8 Å². The second-order valence-corrected chi connectivity index (χ2v) is 6.13. The zero-order valence-electron chi connectivity index (χ0n) is 12.0. The Bertz CT molecular complexity index is 634. The van der Waals surface area contributed by atoms with Crippen molar-refractivity contribution >= 4 is 33.0 Å². The Morgan fingerprint density at radius 3 is 2.70 bits per heavy atom. The number of hydrogen-bond acceptors (Lipinski definition) is 4. The molecule has 3 N–H and O–H groups in total. The van der Waals surface area contributed by atoms with Crippen molar-refractivity contribution in [3.8, 4) is 0 Å². The smallest absolute Gasteiger partial charge is 0.266 e. The lowest BCUT2D eigenvalue weighted by Gasteiger charge is -2.25. The second-order valence-electron chi connectivity index (χ2n) is 5.11. The number of nitrogens with zero attached hydrogens (tertiary/aromatic N) is 1. The summed E-state index contributed by atoms with van der Waals surface area (Å²) in [6.07, 6.45) is 0. The highest BCUT2D eigenvalue weighted by Crippen LogP contribution is 2.36. The maximum atomic E-state index is 12.6. The maximum absolute atomic E-state index is 12.6. The highest BCUT2D eigenvalue weighted by Gasteiger charge is 2.23. The molecule has 108 valence electrons. The van der Waals surface area contributed by atoms with Crippen LogP contribution in [-0.2, 0) is 0 Å². The van der Waals surface area contributed by atoms with Crippen LogP contribution < -0.4 is 5.73 Å². The average molecular weight is 292 g/mol. The molecule has 1 amide bonds. The van der Waals surface area contributed by atoms with E-state index < -0.39 is 0 Å². The highest BCUT2D eigenvalue weighted by atomic mass is 32.1. The van der Waals surface area contributed by atoms with Gasteiger partial charge in [-0.25, -0.2) is 0 Å². The molecule has 1 heterocycles. The van der Waals surface area contributed by atoms with E-state index >= 15 is 0 Å². The number of hydrogen-bond donors (Lipinski definition) is 2. The summed E-state index contributed by atoms with van der Waals surface area (Å²) in [4.78, 5) is 14.8. The van der Waals surface area contributed by atoms with Gasteiger partial charge in [0.15, 0.2) is 0 Å². The summed E-state index contributed by atoms with van der Waals surface area (Å²) in [6, 6.07) is 5.93. The zero-order valence-corrected chi connectivity index (χ0v) is 12.8. The van der Waals surface area contributed by atoms with Crippen LogP contribution >= 0.6 is 11.3 Å². The summed E-state index contributed by atoms with van der Waals surface area (Å²) < 4.78 is 1.06. The van der Waals surface area contributed by atoms with Crippen molar-refractivity contribution in [3.63, 3.8) is 0 Å². The van der Waals surface area contributed by atoms with E-state index in [0.29, 0.717) is 17.1 Å². The SMILES string of the molecule is Cc1cccc2c(N)c(C(=O)N(CCO)C(C)C)sc12. The summed E-state index contributed by atoms with van der Waals surface area (Å²) in [5, 5.41) is 10.0. The molecule has 5 heteroatoms. The monoisotopic (exact) mass is 292 g/mol. The van der Waals surface area contributed by atoms with E-state index in [2.05, 4.69) is 0 Å². The first-order chi connectivity index (χ1) is 9.47. The number of thiophene rings is 1. The van der Waals surface area contributed by atoms with Gasteiger partial charge in [0.25, 0.3) is 5.91 Å². The molecule has 0 aliphatic carbocycles. The molecule has 0 saturated carbocycles. The van der Waals surface area contributed by atoms with Gasteiger partial charge in [0.05, 0.1) is 12.3 Å². The summed E-state index contributed by atoms with van der Waals surface area (Å²) >= 11 is 1.43. The lowest BCUT2D eigenvalue weighted by molar-refractivity contribution is 0.0671. The molecular formula is C15H20N2O2S. The summed E-state index contributed by atoms with van der Waals surface area (Å²) in [7, 11) is 0. The van der Waals surface area contributed by atoms with E-state index in [1.54, 1.807) is 4.90 Å². The Kier molecular flexibility index (Phi) is 4.30. The van der Waals surface area contributed by atoms with E-state index in [-0.39, 0.29) is 18.6 Å². The standard InChI is InChI=1S/C15H20N2O2S/c1-9(2)17(7-8-18)15(19)14-12(16)11-6-4-5-10(3)13(11)20-14/h4-6,9,18H,7-8,16H2,1-3H3. The molecule has 1 aromatic carbocycles. The van der Waals surface area contributed by atoms with E-state index in [1.807, 2.05) is 39.0 Å². The quantitative estimate of drug-likeness (QED) is 0.910. The van der Waals surface area contributed by atoms with Crippen LogP contribution in [-0.4, -0.2) is 35.1 Å². The first-order valence-electron chi connectivity index (χ1n) is 6.66. The fourth-order valence-corrected chi connectivity index (χ4v) is 3.42. The van der Waals surface area contributed by atoms with Gasteiger partial charge in [0, 0.05) is 22.7 Å². The van der Waals surface area contributed by atoms with Crippen LogP contribution in [0.3, 0.4) is 0 Å². The Hall–Kier alpha value is -1.59. The van der Waals surface area contributed by atoms with Gasteiger partial charge in [0.1, 0.15) is 4.88 Å². The fourth-order valence-electron chi connectivity index (χ4n) is 2.27. The number of anilines is 1. The molecule has 0 bridgehead atoms. The molecule has 0 saturated heterocycles. The van der Waals surface area contributed by atoms with Crippen LogP contribution in [0.15, 0.2) is 18.2 Å². The largest absolute Gasteiger partial charge is 0.397 e. The predicted octanol–water partition coefficient (Wildman–Crippen LogP) is 2.63. The van der Waals surface area contributed by atoms with Crippen LogP contribution in [0, 0.1) is 6.92 Å². The Morgan fingerprint density at radius 1 is 1.45 bits per heavy atom. The number of nitrogens with two attached hydrogens (primary N) is 1. The van der Waals surface area contributed by atoms with Crippen molar-refractivity contribution in [2.24, 2.45) is 0 Å². The minimum Gasteiger partial charge on any atom is -0.397 e. The van der Waals surface area contributed by atoms with Gasteiger partial charge < -0.3 is 15.7 Å². The molecule has 0 atom stereocenters. The van der Waals surface area contributed by atoms with Crippen molar-refractivity contribution in [2.45, 2.75) is 26.8 Å². The number of benzene rings is 1. The van der Waals surface area contributed by atoms with Crippen LogP contribution in [0.1, 0.15) is 29.1 Å². The Morgan fingerprint density at radius 2 is 2.15 bits per heavy atom. The second kappa shape index (κ2) is 5.81. The van der Waals surface area contributed by atoms with Crippen LogP contribution in [0.2, 0.25) is 0 Å². The van der Waals surface area contributed by atoms with E-state index in [9.17, 15) is 4.79 Å². The van der Waals surface area contributed by atoms with Crippen LogP contribution in [0.5, 0.6) is 0 Å². The molecule has 4 nitrogen and oxygen atoms in total. The van der Waals surface area contributed by atoms with Crippen molar-refractivity contribution in [1.29, 1.82) is 0 Å². The van der Waals surface area contributed by atoms with Crippen molar-refractivity contribution in [1.82, 2.24) is 4.90 Å². The lowest BCUT2D eigenvalue weighted by atomic mass is 10.1. The van der Waals surface area contributed by atoms with E-state index in [0.717, 1.165) is 15.6 Å². The van der Waals surface area contributed by atoms with Crippen LogP contribution in [0.4, 0.5) is 5.69 Å². The fraction of sp³-hybridized carbons (Fsp3) is 0.400. The number of carbonyl (C=O) groups is 1. The number of aliphatic hydroxyl groups excluding tert-OH is 1. The van der Waals surface area contributed by atoms with Gasteiger partial charge in [-0.05, 0) is 26.3 Å². The molecule has 1 aromatic heterocycles. The molecule has 20 heavy (non-hydrogen) atoms. The average Bonchev–Trinajstić information content (AvgIpc) is 2.74. The molecule has 0 radical (unpaired) electrons. The third-order valence-corrected chi connectivity index (χ3v) is 4.71. The van der Waals surface area contributed by atoms with Crippen molar-refractivity contribution in [3.05, 3.63) is 28.6 Å². The predicted molar refractivity (Wildman–Crippen MR) is 84.2 cm³/mol. The zero-order chi connectivity index (χ0) is 14.9. The Labute approximate surface area is 122 Å². The molecule has 2 rings (SSSR count). The number of aliphatic hydroxyl groups is 1. The van der Waals surface area contributed by atoms with Gasteiger partial charge in [0.2, 0.25) is 0 Å². The first-order valence-corrected chi connectivity index (χ1v) is 7.48. The minimum absolute atomic E-state index is 0.0281. The van der Waals surface area contributed by atoms with Gasteiger partial charge in [-0.3, -0.25) is 4.79 Å². The summed E-state index contributed by atoms with van der Waals surface area (Å²) in [5.41, 5.74) is 7.81. The topological polar surface area (TPSA) is 66.6 Å². The lowest BCUT2D eigenvalue weighted by Crippen LogP contribution is -2.38. The third kappa shape index (κ3) is 2.51. The summed E-state index contributed by atoms with van der Waals surface area (Å²) in [6.45, 7) is 6.15. The molecule has 2 aromatic rings. The molecule has 0 aliphatic heterocycles. The molecule has 0 fully saturated rings. The normalized spacial score (nSPS) is 11.2. The minimum atomic E-state index is -0.104. The Balaban J connectivity index is 2.49. The first kappa shape index (κ1) is 14.8. The summed E-state index contributed by atoms with van der Waals surface area (Å²) in [5.74, 6) is -0.104. The maximum Gasteiger partial charge on any atom is 0.266 e. The number of nitrogen functional groups attached to an aromatic ring is 1.